The number of hydrogen-bond acceptors (Lipinski definition) is 3. The van der Waals surface area contributed by atoms with Crippen molar-refractivity contribution in [3.63, 3.8) is 0 Å². The van der Waals surface area contributed by atoms with Crippen molar-refractivity contribution >= 4 is 0 Å². The van der Waals surface area contributed by atoms with Crippen LogP contribution in [0.2, 0.25) is 0 Å². The molecule has 0 amide bonds. The summed E-state index contributed by atoms with van der Waals surface area (Å²) in [6.07, 6.45) is 27.2. The molecule has 3 nitrogen and oxygen atoms in total. The second kappa shape index (κ2) is 15.5. The van der Waals surface area contributed by atoms with Crippen LogP contribution in [0.4, 0.5) is 0 Å². The highest BCUT2D eigenvalue weighted by atomic mass is 16.3. The van der Waals surface area contributed by atoms with Gasteiger partial charge in [0.15, 0.2) is 0 Å². The number of aliphatic hydroxyl groups is 3. The van der Waals surface area contributed by atoms with Gasteiger partial charge in [0.25, 0.3) is 0 Å². The van der Waals surface area contributed by atoms with Crippen molar-refractivity contribution in [1.82, 2.24) is 0 Å². The van der Waals surface area contributed by atoms with Gasteiger partial charge in [0.2, 0.25) is 0 Å². The quantitative estimate of drug-likeness (QED) is 0.152. The third kappa shape index (κ3) is 10.8. The van der Waals surface area contributed by atoms with Crippen LogP contribution in [0.25, 0.3) is 0 Å². The lowest BCUT2D eigenvalue weighted by atomic mass is 9.64. The van der Waals surface area contributed by atoms with E-state index in [2.05, 4.69) is 70.8 Å². The van der Waals surface area contributed by atoms with Crippen molar-refractivity contribution in [1.29, 1.82) is 0 Å². The van der Waals surface area contributed by atoms with Crippen LogP contribution in [-0.2, 0) is 0 Å². The second-order valence-electron chi connectivity index (χ2n) is 13.6. The SMILES string of the molecule is CC1=CC(O)CC(C)(C)[C@@]1(O)/C=C/C(C)=C/C=C/C(C)=C/C=C/C=C(C)/C=C/C=C(\C)C#CC1=C(C)CC(O)CC1(C)C. The van der Waals surface area contributed by atoms with Gasteiger partial charge < -0.3 is 15.3 Å². The summed E-state index contributed by atoms with van der Waals surface area (Å²) in [5.74, 6) is 6.66. The molecule has 0 radical (unpaired) electrons. The molecule has 0 bridgehead atoms. The molecule has 0 heterocycles. The first kappa shape index (κ1) is 36.0. The zero-order valence-corrected chi connectivity index (χ0v) is 28.1. The average molecular weight is 583 g/mol. The highest BCUT2D eigenvalue weighted by Crippen LogP contribution is 2.45. The van der Waals surface area contributed by atoms with Crippen LogP contribution in [0.1, 0.15) is 88.5 Å². The molecule has 3 atom stereocenters. The van der Waals surface area contributed by atoms with Crippen molar-refractivity contribution in [2.24, 2.45) is 10.8 Å². The molecule has 2 aliphatic carbocycles. The Morgan fingerprint density at radius 3 is 1.88 bits per heavy atom. The van der Waals surface area contributed by atoms with E-state index in [0.717, 1.165) is 39.9 Å². The maximum absolute atomic E-state index is 11.3. The lowest BCUT2D eigenvalue weighted by molar-refractivity contribution is -0.0292. The minimum atomic E-state index is -1.08. The monoisotopic (exact) mass is 582 g/mol. The molecule has 0 fully saturated rings. The molecule has 3 N–H and O–H groups in total. The van der Waals surface area contributed by atoms with Crippen molar-refractivity contribution in [3.05, 3.63) is 118 Å². The van der Waals surface area contributed by atoms with Crippen LogP contribution in [0.5, 0.6) is 0 Å². The highest BCUT2D eigenvalue weighted by Gasteiger charge is 2.46. The minimum Gasteiger partial charge on any atom is -0.393 e. The standard InChI is InChI=1S/C40H54O3/c1-29(17-13-19-31(3)21-22-37-33(5)25-35(41)27-38(37,7)8)15-11-12-16-30(2)18-14-20-32(4)23-24-40(43)34(6)26-36(42)28-39(40,9)10/h11-20,23-24,26,35-36,41-43H,25,27-28H2,1-10H3/b12-11+,17-13+,18-14+,24-23+,29-15+,30-16+,31-19+,32-20+/t35?,36?,40-/m1/s1. The van der Waals surface area contributed by atoms with E-state index in [0.29, 0.717) is 12.8 Å². The fourth-order valence-electron chi connectivity index (χ4n) is 5.85. The summed E-state index contributed by atoms with van der Waals surface area (Å²) in [6, 6.07) is 0. The summed E-state index contributed by atoms with van der Waals surface area (Å²) in [4.78, 5) is 0. The Bertz CT molecular complexity index is 1380. The van der Waals surface area contributed by atoms with Gasteiger partial charge in [-0.3, -0.25) is 0 Å². The van der Waals surface area contributed by atoms with Crippen molar-refractivity contribution < 1.29 is 15.3 Å². The third-order valence-corrected chi connectivity index (χ3v) is 8.41. The summed E-state index contributed by atoms with van der Waals surface area (Å²) < 4.78 is 0. The maximum Gasteiger partial charge on any atom is 0.109 e. The predicted molar refractivity (Wildman–Crippen MR) is 184 cm³/mol. The Balaban J connectivity index is 1.94. The van der Waals surface area contributed by atoms with Gasteiger partial charge in [0, 0.05) is 16.4 Å². The molecule has 43 heavy (non-hydrogen) atoms. The van der Waals surface area contributed by atoms with Gasteiger partial charge in [-0.15, -0.1) is 0 Å². The Morgan fingerprint density at radius 2 is 1.33 bits per heavy atom. The fraction of sp³-hybridized carbons (Fsp3) is 0.450. The first-order valence-corrected chi connectivity index (χ1v) is 15.4. The number of rotatable bonds is 8. The number of aliphatic hydroxyl groups excluding tert-OH is 2. The molecule has 0 aromatic carbocycles. The molecule has 0 saturated heterocycles. The smallest absolute Gasteiger partial charge is 0.109 e. The lowest BCUT2D eigenvalue weighted by Crippen LogP contribution is -2.48. The summed E-state index contributed by atoms with van der Waals surface area (Å²) in [5.41, 5.74) is 5.83. The molecule has 0 spiro atoms. The van der Waals surface area contributed by atoms with Gasteiger partial charge in [0.1, 0.15) is 5.60 Å². The van der Waals surface area contributed by atoms with Crippen LogP contribution in [0.3, 0.4) is 0 Å². The van der Waals surface area contributed by atoms with Crippen molar-refractivity contribution in [3.8, 4) is 11.8 Å². The van der Waals surface area contributed by atoms with E-state index in [1.807, 2.05) is 83.2 Å². The number of allylic oxidation sites excluding steroid dienone is 16. The summed E-state index contributed by atoms with van der Waals surface area (Å²) in [6.45, 7) is 20.4. The van der Waals surface area contributed by atoms with Crippen LogP contribution in [0, 0.1) is 22.7 Å². The van der Waals surface area contributed by atoms with Gasteiger partial charge in [-0.2, -0.15) is 0 Å². The molecule has 2 unspecified atom stereocenters. The first-order chi connectivity index (χ1) is 20.0. The Kier molecular flexibility index (Phi) is 13.0. The third-order valence-electron chi connectivity index (χ3n) is 8.41. The van der Waals surface area contributed by atoms with Gasteiger partial charge in [-0.1, -0.05) is 135 Å². The minimum absolute atomic E-state index is 0.0912. The van der Waals surface area contributed by atoms with E-state index in [-0.39, 0.29) is 11.5 Å². The number of hydrogen-bond donors (Lipinski definition) is 3. The topological polar surface area (TPSA) is 60.7 Å². The molecule has 2 aliphatic rings. The van der Waals surface area contributed by atoms with Gasteiger partial charge in [0.05, 0.1) is 12.2 Å². The predicted octanol–water partition coefficient (Wildman–Crippen LogP) is 8.97. The summed E-state index contributed by atoms with van der Waals surface area (Å²) >= 11 is 0. The van der Waals surface area contributed by atoms with E-state index in [1.165, 1.54) is 5.57 Å². The molecule has 3 heteroatoms. The van der Waals surface area contributed by atoms with Crippen LogP contribution in [0.15, 0.2) is 118 Å². The Hall–Kier alpha value is -3.16. The highest BCUT2D eigenvalue weighted by molar-refractivity contribution is 5.45. The van der Waals surface area contributed by atoms with Crippen LogP contribution >= 0.6 is 0 Å². The maximum atomic E-state index is 11.3. The van der Waals surface area contributed by atoms with E-state index in [9.17, 15) is 15.3 Å². The van der Waals surface area contributed by atoms with E-state index < -0.39 is 17.1 Å². The van der Waals surface area contributed by atoms with E-state index >= 15 is 0 Å². The molecule has 0 aliphatic heterocycles. The Labute approximate surface area is 261 Å². The van der Waals surface area contributed by atoms with E-state index in [4.69, 9.17) is 0 Å². The van der Waals surface area contributed by atoms with Gasteiger partial charge in [-0.25, -0.2) is 0 Å². The molecule has 2 rings (SSSR count). The van der Waals surface area contributed by atoms with Crippen LogP contribution in [-0.4, -0.2) is 33.1 Å². The normalized spacial score (nSPS) is 27.4. The largest absolute Gasteiger partial charge is 0.393 e. The zero-order valence-electron chi connectivity index (χ0n) is 28.1. The summed E-state index contributed by atoms with van der Waals surface area (Å²) in [7, 11) is 0. The van der Waals surface area contributed by atoms with Crippen molar-refractivity contribution in [2.45, 2.75) is 106 Å². The fourth-order valence-corrected chi connectivity index (χ4v) is 5.85. The van der Waals surface area contributed by atoms with Gasteiger partial charge in [-0.05, 0) is 78.0 Å². The van der Waals surface area contributed by atoms with Crippen molar-refractivity contribution in [2.75, 3.05) is 0 Å². The first-order valence-electron chi connectivity index (χ1n) is 15.4. The van der Waals surface area contributed by atoms with Gasteiger partial charge >= 0.3 is 0 Å². The lowest BCUT2D eigenvalue weighted by Gasteiger charge is -2.46. The molecule has 0 aromatic heterocycles. The van der Waals surface area contributed by atoms with Crippen LogP contribution < -0.4 is 0 Å². The zero-order chi connectivity index (χ0) is 32.4. The molecule has 0 saturated carbocycles. The second-order valence-corrected chi connectivity index (χ2v) is 13.6. The average Bonchev–Trinajstić information content (AvgIpc) is 2.87. The molecular weight excluding hydrogens is 528 g/mol. The Morgan fingerprint density at radius 1 is 0.791 bits per heavy atom. The summed E-state index contributed by atoms with van der Waals surface area (Å²) in [5, 5.41) is 31.5. The molecule has 0 aromatic rings. The molecule has 232 valence electrons. The van der Waals surface area contributed by atoms with E-state index in [1.54, 1.807) is 6.08 Å². The molecular formula is C40H54O3.